The van der Waals surface area contributed by atoms with Crippen LogP contribution in [0.1, 0.15) is 12.1 Å². The lowest BCUT2D eigenvalue weighted by atomic mass is 10.2. The maximum Gasteiger partial charge on any atom is 0.252 e. The van der Waals surface area contributed by atoms with Gasteiger partial charge in [-0.15, -0.1) is 11.3 Å². The normalized spacial score (nSPS) is 16.5. The van der Waals surface area contributed by atoms with Gasteiger partial charge in [0.2, 0.25) is 0 Å². The third kappa shape index (κ3) is 2.18. The van der Waals surface area contributed by atoms with E-state index in [2.05, 4.69) is 22.8 Å². The number of fused-ring (bicyclic) bond motifs is 3. The predicted molar refractivity (Wildman–Crippen MR) is 88.5 cm³/mol. The zero-order valence-electron chi connectivity index (χ0n) is 12.0. The Bertz CT molecular complexity index is 911. The highest BCUT2D eigenvalue weighted by molar-refractivity contribution is 7.91. The van der Waals surface area contributed by atoms with E-state index in [4.69, 9.17) is 0 Å². The van der Waals surface area contributed by atoms with Crippen molar-refractivity contribution in [1.82, 2.24) is 8.87 Å². The molecule has 0 fully saturated rings. The van der Waals surface area contributed by atoms with Crippen molar-refractivity contribution in [2.45, 2.75) is 23.7 Å². The first-order chi connectivity index (χ1) is 10.7. The summed E-state index contributed by atoms with van der Waals surface area (Å²) in [4.78, 5) is 0. The molecule has 0 N–H and O–H groups in total. The molecule has 0 saturated carbocycles. The molecule has 1 aliphatic rings. The van der Waals surface area contributed by atoms with Crippen LogP contribution in [0, 0.1) is 0 Å². The summed E-state index contributed by atoms with van der Waals surface area (Å²) in [5.74, 6) is 0. The van der Waals surface area contributed by atoms with Crippen molar-refractivity contribution in [3.63, 3.8) is 0 Å². The van der Waals surface area contributed by atoms with Crippen molar-refractivity contribution in [2.24, 2.45) is 0 Å². The SMILES string of the molecule is O=S(=O)(c1cccs1)N1CCCn2c(cc3ccccc32)C1. The quantitative estimate of drug-likeness (QED) is 0.722. The number of nitrogens with zero attached hydrogens (tertiary/aromatic N) is 2. The summed E-state index contributed by atoms with van der Waals surface area (Å²) in [5, 5.41) is 2.98. The molecular weight excluding hydrogens is 316 g/mol. The molecule has 0 aliphatic carbocycles. The number of sulfonamides is 1. The molecule has 2 aromatic heterocycles. The fourth-order valence-corrected chi connectivity index (χ4v) is 5.66. The number of para-hydroxylation sites is 1. The summed E-state index contributed by atoms with van der Waals surface area (Å²) >= 11 is 1.28. The fraction of sp³-hybridized carbons (Fsp3) is 0.250. The van der Waals surface area contributed by atoms with Gasteiger partial charge < -0.3 is 4.57 Å². The number of rotatable bonds is 2. The van der Waals surface area contributed by atoms with Gasteiger partial charge in [0.15, 0.2) is 0 Å². The Balaban J connectivity index is 1.76. The molecule has 3 aromatic rings. The molecule has 0 radical (unpaired) electrons. The molecule has 22 heavy (non-hydrogen) atoms. The number of hydrogen-bond acceptors (Lipinski definition) is 3. The van der Waals surface area contributed by atoms with Crippen LogP contribution in [-0.4, -0.2) is 23.8 Å². The molecule has 3 heterocycles. The Hall–Kier alpha value is -1.63. The lowest BCUT2D eigenvalue weighted by Gasteiger charge is -2.18. The van der Waals surface area contributed by atoms with E-state index in [9.17, 15) is 8.42 Å². The van der Waals surface area contributed by atoms with Crippen LogP contribution in [0.25, 0.3) is 10.9 Å². The highest BCUT2D eigenvalue weighted by Crippen LogP contribution is 2.28. The molecular formula is C16H16N2O2S2. The highest BCUT2D eigenvalue weighted by Gasteiger charge is 2.28. The molecule has 0 spiro atoms. The minimum atomic E-state index is -3.38. The van der Waals surface area contributed by atoms with Gasteiger partial charge in [-0.2, -0.15) is 4.31 Å². The lowest BCUT2D eigenvalue weighted by molar-refractivity contribution is 0.411. The average molecular weight is 332 g/mol. The first kappa shape index (κ1) is 14.0. The van der Waals surface area contributed by atoms with E-state index in [-0.39, 0.29) is 0 Å². The van der Waals surface area contributed by atoms with Crippen molar-refractivity contribution in [3.8, 4) is 0 Å². The van der Waals surface area contributed by atoms with E-state index < -0.39 is 10.0 Å². The second kappa shape index (κ2) is 5.22. The molecule has 4 nitrogen and oxygen atoms in total. The largest absolute Gasteiger partial charge is 0.343 e. The van der Waals surface area contributed by atoms with Crippen molar-refractivity contribution in [2.75, 3.05) is 6.54 Å². The van der Waals surface area contributed by atoms with Gasteiger partial charge in [0.25, 0.3) is 10.0 Å². The first-order valence-electron chi connectivity index (χ1n) is 7.27. The Labute approximate surface area is 133 Å². The second-order valence-corrected chi connectivity index (χ2v) is 8.58. The van der Waals surface area contributed by atoms with E-state index in [0.717, 1.165) is 18.7 Å². The molecule has 0 saturated heterocycles. The topological polar surface area (TPSA) is 42.3 Å². The number of benzene rings is 1. The third-order valence-corrected chi connectivity index (χ3v) is 7.33. The number of thiophene rings is 1. The van der Waals surface area contributed by atoms with Gasteiger partial charge >= 0.3 is 0 Å². The molecule has 0 bridgehead atoms. The standard InChI is InChI=1S/C16H16N2O2S2/c19-22(20,16-7-3-10-21-16)17-8-4-9-18-14(12-17)11-13-5-1-2-6-15(13)18/h1-3,5-7,10-11H,4,8-9,12H2. The van der Waals surface area contributed by atoms with Crippen LogP contribution in [0.4, 0.5) is 0 Å². The smallest absolute Gasteiger partial charge is 0.252 e. The van der Waals surface area contributed by atoms with Crippen LogP contribution < -0.4 is 0 Å². The molecule has 1 aromatic carbocycles. The van der Waals surface area contributed by atoms with Crippen LogP contribution in [0.15, 0.2) is 52.1 Å². The molecule has 0 amide bonds. The maximum atomic E-state index is 12.8. The summed E-state index contributed by atoms with van der Waals surface area (Å²) in [6, 6.07) is 13.8. The van der Waals surface area contributed by atoms with Crippen molar-refractivity contribution < 1.29 is 8.42 Å². The molecule has 0 unspecified atom stereocenters. The zero-order valence-corrected chi connectivity index (χ0v) is 13.6. The summed E-state index contributed by atoms with van der Waals surface area (Å²) < 4.78 is 29.8. The third-order valence-electron chi connectivity index (χ3n) is 4.11. The number of aryl methyl sites for hydroxylation is 1. The van der Waals surface area contributed by atoms with Crippen molar-refractivity contribution in [1.29, 1.82) is 0 Å². The average Bonchev–Trinajstić information content (AvgIpc) is 3.11. The van der Waals surface area contributed by atoms with E-state index in [1.54, 1.807) is 16.4 Å². The maximum absolute atomic E-state index is 12.8. The summed E-state index contributed by atoms with van der Waals surface area (Å²) in [6.45, 7) is 1.87. The number of hydrogen-bond donors (Lipinski definition) is 0. The zero-order chi connectivity index (χ0) is 15.2. The van der Waals surface area contributed by atoms with Gasteiger partial charge in [0, 0.05) is 24.3 Å². The molecule has 6 heteroatoms. The first-order valence-corrected chi connectivity index (χ1v) is 9.59. The van der Waals surface area contributed by atoms with Crippen LogP contribution in [0.5, 0.6) is 0 Å². The van der Waals surface area contributed by atoms with Crippen molar-refractivity contribution in [3.05, 3.63) is 53.5 Å². The van der Waals surface area contributed by atoms with Crippen LogP contribution in [0.3, 0.4) is 0 Å². The van der Waals surface area contributed by atoms with Gasteiger partial charge in [0.1, 0.15) is 4.21 Å². The van der Waals surface area contributed by atoms with Gasteiger partial charge in [-0.25, -0.2) is 8.42 Å². The van der Waals surface area contributed by atoms with Gasteiger partial charge in [-0.3, -0.25) is 0 Å². The van der Waals surface area contributed by atoms with E-state index >= 15 is 0 Å². The Morgan fingerprint density at radius 1 is 1.05 bits per heavy atom. The molecule has 4 rings (SSSR count). The molecule has 0 atom stereocenters. The lowest BCUT2D eigenvalue weighted by Crippen LogP contribution is -2.30. The number of aromatic nitrogens is 1. The van der Waals surface area contributed by atoms with E-state index in [1.807, 2.05) is 17.5 Å². The van der Waals surface area contributed by atoms with Crippen LogP contribution >= 0.6 is 11.3 Å². The Kier molecular flexibility index (Phi) is 3.32. The second-order valence-electron chi connectivity index (χ2n) is 5.47. The fourth-order valence-electron chi connectivity index (χ4n) is 3.07. The van der Waals surface area contributed by atoms with Crippen molar-refractivity contribution >= 4 is 32.3 Å². The van der Waals surface area contributed by atoms with E-state index in [0.29, 0.717) is 17.3 Å². The Morgan fingerprint density at radius 3 is 2.73 bits per heavy atom. The summed E-state index contributed by atoms with van der Waals surface area (Å²) in [6.07, 6.45) is 0.830. The van der Waals surface area contributed by atoms with Gasteiger partial charge in [-0.05, 0) is 35.4 Å². The highest BCUT2D eigenvalue weighted by atomic mass is 32.2. The predicted octanol–water partition coefficient (Wildman–Crippen LogP) is 3.30. The van der Waals surface area contributed by atoms with Crippen LogP contribution in [0.2, 0.25) is 0 Å². The van der Waals surface area contributed by atoms with E-state index in [1.165, 1.54) is 22.2 Å². The molecule has 1 aliphatic heterocycles. The molecule has 114 valence electrons. The summed E-state index contributed by atoms with van der Waals surface area (Å²) in [7, 11) is -3.38. The summed E-state index contributed by atoms with van der Waals surface area (Å²) in [5.41, 5.74) is 2.26. The minimum absolute atomic E-state index is 0.428. The van der Waals surface area contributed by atoms with Crippen LogP contribution in [-0.2, 0) is 23.1 Å². The monoisotopic (exact) mass is 332 g/mol. The minimum Gasteiger partial charge on any atom is -0.343 e. The van der Waals surface area contributed by atoms with Gasteiger partial charge in [0.05, 0.1) is 6.54 Å². The Morgan fingerprint density at radius 2 is 1.91 bits per heavy atom. The van der Waals surface area contributed by atoms with Gasteiger partial charge in [-0.1, -0.05) is 24.3 Å².